The van der Waals surface area contributed by atoms with Crippen LogP contribution >= 0.6 is 11.8 Å². The molecule has 1 aliphatic heterocycles. The molecule has 1 heterocycles. The first-order valence-corrected chi connectivity index (χ1v) is 13.2. The molecule has 0 aromatic heterocycles. The van der Waals surface area contributed by atoms with Gasteiger partial charge in [0.1, 0.15) is 11.5 Å². The second kappa shape index (κ2) is 8.48. The van der Waals surface area contributed by atoms with Crippen LogP contribution in [0.1, 0.15) is 38.8 Å². The number of para-hydroxylation sites is 2. The normalized spacial score (nSPS) is 14.6. The summed E-state index contributed by atoms with van der Waals surface area (Å²) >= 11 is 1.34. The van der Waals surface area contributed by atoms with Gasteiger partial charge in [-0.2, -0.15) is 0 Å². The molecule has 1 aliphatic carbocycles. The highest BCUT2D eigenvalue weighted by atomic mass is 32.2. The molecule has 4 heteroatoms. The fourth-order valence-electron chi connectivity index (χ4n) is 5.96. The van der Waals surface area contributed by atoms with Gasteiger partial charge in [0.2, 0.25) is 0 Å². The highest BCUT2D eigenvalue weighted by Gasteiger charge is 2.51. The molecule has 5 aromatic rings. The predicted octanol–water partition coefficient (Wildman–Crippen LogP) is 7.87. The lowest BCUT2D eigenvalue weighted by Gasteiger charge is -2.40. The lowest BCUT2D eigenvalue weighted by atomic mass is 9.66. The SMILES string of the molecule is N=C(SC(N)c1ccccc1)c1cccc2c1Oc1ccccc1C21c2ccccc2-c2ccccc21. The summed E-state index contributed by atoms with van der Waals surface area (Å²) in [5.41, 5.74) is 14.9. The first-order valence-electron chi connectivity index (χ1n) is 12.4. The van der Waals surface area contributed by atoms with Gasteiger partial charge in [0.25, 0.3) is 0 Å². The van der Waals surface area contributed by atoms with Crippen molar-refractivity contribution in [1.82, 2.24) is 0 Å². The standard InChI is InChI=1S/C33H24N2OS/c34-31(21-11-2-1-3-12-21)37-32(35)24-15-10-19-28-30(24)36-29-20-9-8-18-27(29)33(28)25-16-6-4-13-22(25)23-14-5-7-17-26(23)33/h1-20,31,35H,34H2. The summed E-state index contributed by atoms with van der Waals surface area (Å²) in [6, 6.07) is 41.7. The van der Waals surface area contributed by atoms with E-state index in [4.69, 9.17) is 15.9 Å². The molecule has 0 saturated carbocycles. The first kappa shape index (κ1) is 22.1. The van der Waals surface area contributed by atoms with Crippen molar-refractivity contribution in [3.63, 3.8) is 0 Å². The first-order chi connectivity index (χ1) is 18.2. The zero-order chi connectivity index (χ0) is 25.0. The maximum atomic E-state index is 9.09. The Hall–Kier alpha value is -4.12. The molecule has 1 spiro atoms. The Morgan fingerprint density at radius 1 is 0.649 bits per heavy atom. The zero-order valence-corrected chi connectivity index (χ0v) is 20.8. The summed E-state index contributed by atoms with van der Waals surface area (Å²) in [6.07, 6.45) is 0. The van der Waals surface area contributed by atoms with Gasteiger partial charge in [-0.15, -0.1) is 0 Å². The van der Waals surface area contributed by atoms with Gasteiger partial charge in [0.15, 0.2) is 0 Å². The average Bonchev–Trinajstić information content (AvgIpc) is 3.24. The van der Waals surface area contributed by atoms with Gasteiger partial charge >= 0.3 is 0 Å². The number of fused-ring (bicyclic) bond motifs is 9. The van der Waals surface area contributed by atoms with Crippen LogP contribution in [0.2, 0.25) is 0 Å². The summed E-state index contributed by atoms with van der Waals surface area (Å²) in [5, 5.41) is 9.13. The average molecular weight is 497 g/mol. The van der Waals surface area contributed by atoms with Crippen LogP contribution in [0.3, 0.4) is 0 Å². The maximum Gasteiger partial charge on any atom is 0.142 e. The van der Waals surface area contributed by atoms with Crippen molar-refractivity contribution in [3.05, 3.63) is 155 Å². The molecular formula is C33H24N2OS. The Morgan fingerprint density at radius 2 is 1.22 bits per heavy atom. The molecular weight excluding hydrogens is 472 g/mol. The molecule has 1 atom stereocenters. The number of hydrogen-bond donors (Lipinski definition) is 2. The van der Waals surface area contributed by atoms with Crippen LogP contribution in [-0.2, 0) is 5.41 Å². The van der Waals surface area contributed by atoms with E-state index in [1.54, 1.807) is 0 Å². The van der Waals surface area contributed by atoms with Crippen molar-refractivity contribution < 1.29 is 4.74 Å². The number of thioether (sulfide) groups is 1. The van der Waals surface area contributed by atoms with Crippen molar-refractivity contribution in [2.75, 3.05) is 0 Å². The second-order valence-electron chi connectivity index (χ2n) is 9.40. The molecule has 0 radical (unpaired) electrons. The van der Waals surface area contributed by atoms with Gasteiger partial charge < -0.3 is 10.5 Å². The molecule has 37 heavy (non-hydrogen) atoms. The van der Waals surface area contributed by atoms with Crippen LogP contribution in [0.25, 0.3) is 11.1 Å². The highest BCUT2D eigenvalue weighted by molar-refractivity contribution is 8.14. The van der Waals surface area contributed by atoms with Gasteiger partial charge in [-0.25, -0.2) is 0 Å². The van der Waals surface area contributed by atoms with Crippen molar-refractivity contribution in [2.24, 2.45) is 5.73 Å². The monoisotopic (exact) mass is 496 g/mol. The highest BCUT2D eigenvalue weighted by Crippen LogP contribution is 2.62. The molecule has 3 N–H and O–H groups in total. The molecule has 0 bridgehead atoms. The Kier molecular flexibility index (Phi) is 5.07. The Morgan fingerprint density at radius 3 is 1.92 bits per heavy atom. The number of ether oxygens (including phenoxy) is 1. The van der Waals surface area contributed by atoms with Crippen molar-refractivity contribution in [2.45, 2.75) is 10.8 Å². The number of nitrogens with one attached hydrogen (secondary N) is 1. The minimum atomic E-state index is -0.528. The zero-order valence-electron chi connectivity index (χ0n) is 20.0. The van der Waals surface area contributed by atoms with Crippen LogP contribution in [0.15, 0.2) is 121 Å². The summed E-state index contributed by atoms with van der Waals surface area (Å²) in [6.45, 7) is 0. The maximum absolute atomic E-state index is 9.09. The molecule has 2 aliphatic rings. The molecule has 0 fully saturated rings. The number of rotatable bonds is 3. The van der Waals surface area contributed by atoms with Gasteiger partial charge in [-0.3, -0.25) is 5.41 Å². The molecule has 1 unspecified atom stereocenters. The van der Waals surface area contributed by atoms with Crippen molar-refractivity contribution in [3.8, 4) is 22.6 Å². The van der Waals surface area contributed by atoms with Gasteiger partial charge in [0, 0.05) is 16.7 Å². The molecule has 0 saturated heterocycles. The smallest absolute Gasteiger partial charge is 0.142 e. The molecule has 178 valence electrons. The van der Waals surface area contributed by atoms with E-state index in [2.05, 4.69) is 66.7 Å². The summed E-state index contributed by atoms with van der Waals surface area (Å²) in [4.78, 5) is 0. The topological polar surface area (TPSA) is 59.1 Å². The van der Waals surface area contributed by atoms with Crippen LogP contribution < -0.4 is 10.5 Å². The lowest BCUT2D eigenvalue weighted by Crippen LogP contribution is -2.32. The Balaban J connectivity index is 1.46. The number of benzene rings is 5. The quantitative estimate of drug-likeness (QED) is 0.149. The van der Waals surface area contributed by atoms with Crippen molar-refractivity contribution in [1.29, 1.82) is 5.41 Å². The van der Waals surface area contributed by atoms with E-state index in [-0.39, 0.29) is 5.37 Å². The van der Waals surface area contributed by atoms with Crippen LogP contribution in [0.5, 0.6) is 11.5 Å². The van der Waals surface area contributed by atoms with E-state index in [9.17, 15) is 0 Å². The van der Waals surface area contributed by atoms with E-state index < -0.39 is 5.41 Å². The van der Waals surface area contributed by atoms with Crippen LogP contribution in [0, 0.1) is 5.41 Å². The molecule has 3 nitrogen and oxygen atoms in total. The molecule has 5 aromatic carbocycles. The second-order valence-corrected chi connectivity index (χ2v) is 10.6. The minimum absolute atomic E-state index is 0.345. The summed E-state index contributed by atoms with van der Waals surface area (Å²) in [5.74, 6) is 1.55. The fourth-order valence-corrected chi connectivity index (χ4v) is 6.79. The summed E-state index contributed by atoms with van der Waals surface area (Å²) < 4.78 is 6.64. The Labute approximate surface area is 220 Å². The van der Waals surface area contributed by atoms with Gasteiger partial charge in [-0.05, 0) is 39.9 Å². The third-order valence-electron chi connectivity index (χ3n) is 7.49. The van der Waals surface area contributed by atoms with Crippen LogP contribution in [-0.4, -0.2) is 5.04 Å². The number of hydrogen-bond acceptors (Lipinski definition) is 4. The van der Waals surface area contributed by atoms with E-state index >= 15 is 0 Å². The van der Waals surface area contributed by atoms with E-state index in [1.807, 2.05) is 54.6 Å². The largest absolute Gasteiger partial charge is 0.456 e. The third-order valence-corrected chi connectivity index (χ3v) is 8.47. The Bertz CT molecular complexity index is 1630. The van der Waals surface area contributed by atoms with E-state index in [0.29, 0.717) is 5.04 Å². The van der Waals surface area contributed by atoms with E-state index in [1.165, 1.54) is 34.0 Å². The van der Waals surface area contributed by atoms with E-state index in [0.717, 1.165) is 33.8 Å². The predicted molar refractivity (Wildman–Crippen MR) is 152 cm³/mol. The van der Waals surface area contributed by atoms with Gasteiger partial charge in [-0.1, -0.05) is 121 Å². The molecule has 0 amide bonds. The van der Waals surface area contributed by atoms with Crippen LogP contribution in [0.4, 0.5) is 0 Å². The lowest BCUT2D eigenvalue weighted by molar-refractivity contribution is 0.435. The number of nitrogens with two attached hydrogens (primary N) is 1. The van der Waals surface area contributed by atoms with Crippen molar-refractivity contribution >= 4 is 16.8 Å². The van der Waals surface area contributed by atoms with Gasteiger partial charge in [0.05, 0.1) is 15.8 Å². The molecule has 7 rings (SSSR count). The third kappa shape index (κ3) is 3.16. The summed E-state index contributed by atoms with van der Waals surface area (Å²) in [7, 11) is 0. The fraction of sp³-hybridized carbons (Fsp3) is 0.0606. The minimum Gasteiger partial charge on any atom is -0.456 e.